The number of unbranched alkanes of at least 4 members (excludes halogenated alkanes) is 5. The molecule has 1 aliphatic rings. The van der Waals surface area contributed by atoms with Gasteiger partial charge in [0.25, 0.3) is 0 Å². The lowest BCUT2D eigenvalue weighted by atomic mass is 10.0. The molecule has 0 aliphatic carbocycles. The molecule has 0 saturated carbocycles. The van der Waals surface area contributed by atoms with Gasteiger partial charge in [0.2, 0.25) is 0 Å². The van der Waals surface area contributed by atoms with Gasteiger partial charge in [0.15, 0.2) is 0 Å². The van der Waals surface area contributed by atoms with Crippen molar-refractivity contribution in [2.75, 3.05) is 39.5 Å². The van der Waals surface area contributed by atoms with Crippen molar-refractivity contribution in [1.82, 2.24) is 10.2 Å². The van der Waals surface area contributed by atoms with E-state index in [1.807, 2.05) is 20.8 Å². The normalized spacial score (nSPS) is 15.9. The molecule has 1 saturated heterocycles. The van der Waals surface area contributed by atoms with Crippen molar-refractivity contribution in [1.29, 1.82) is 0 Å². The van der Waals surface area contributed by atoms with Crippen molar-refractivity contribution in [3.8, 4) is 0 Å². The number of carbonyl (C=O) groups excluding carboxylic acids is 2. The standard InChI is InChI=1S/C22H42N2O5/c1-5-28-20(25)18-27-17-11-9-7-6-8-10-14-24-15-12-19(13-16-24)23-21(26)29-22(2,3)4/h19H,5-18H2,1-4H3,(H,23,26). The first-order valence-corrected chi connectivity index (χ1v) is 11.3. The Kier molecular flexibility index (Phi) is 12.9. The molecule has 1 heterocycles. The molecule has 0 aromatic heterocycles. The maximum absolute atomic E-state index is 11.8. The highest BCUT2D eigenvalue weighted by Crippen LogP contribution is 2.14. The Morgan fingerprint density at radius 2 is 1.62 bits per heavy atom. The third-order valence-electron chi connectivity index (χ3n) is 4.85. The summed E-state index contributed by atoms with van der Waals surface area (Å²) >= 11 is 0. The Hall–Kier alpha value is -1.34. The van der Waals surface area contributed by atoms with Crippen molar-refractivity contribution < 1.29 is 23.8 Å². The van der Waals surface area contributed by atoms with E-state index in [-0.39, 0.29) is 24.7 Å². The van der Waals surface area contributed by atoms with Gasteiger partial charge >= 0.3 is 12.1 Å². The van der Waals surface area contributed by atoms with Crippen molar-refractivity contribution in [3.05, 3.63) is 0 Å². The number of nitrogens with zero attached hydrogens (tertiary/aromatic N) is 1. The summed E-state index contributed by atoms with van der Waals surface area (Å²) in [5.41, 5.74) is -0.444. The van der Waals surface area contributed by atoms with Gasteiger partial charge in [0.05, 0.1) is 6.61 Å². The number of piperidine rings is 1. The molecule has 1 fully saturated rings. The molecule has 0 bridgehead atoms. The van der Waals surface area contributed by atoms with Crippen LogP contribution in [0.25, 0.3) is 0 Å². The van der Waals surface area contributed by atoms with E-state index in [4.69, 9.17) is 14.2 Å². The van der Waals surface area contributed by atoms with Gasteiger partial charge in [-0.25, -0.2) is 9.59 Å². The summed E-state index contributed by atoms with van der Waals surface area (Å²) in [6.45, 7) is 11.8. The molecule has 1 amide bonds. The first kappa shape index (κ1) is 25.7. The summed E-state index contributed by atoms with van der Waals surface area (Å²) in [4.78, 5) is 25.5. The summed E-state index contributed by atoms with van der Waals surface area (Å²) in [5, 5.41) is 2.99. The number of amides is 1. The highest BCUT2D eigenvalue weighted by molar-refractivity contribution is 5.70. The summed E-state index contributed by atoms with van der Waals surface area (Å²) < 4.78 is 15.4. The maximum Gasteiger partial charge on any atom is 0.407 e. The number of rotatable bonds is 13. The van der Waals surface area contributed by atoms with E-state index >= 15 is 0 Å². The number of esters is 1. The third-order valence-corrected chi connectivity index (χ3v) is 4.85. The lowest BCUT2D eigenvalue weighted by Crippen LogP contribution is -2.46. The van der Waals surface area contributed by atoms with Gasteiger partial charge in [0, 0.05) is 25.7 Å². The zero-order valence-electron chi connectivity index (χ0n) is 19.0. The van der Waals surface area contributed by atoms with Crippen LogP contribution < -0.4 is 5.32 Å². The van der Waals surface area contributed by atoms with Crippen LogP contribution in [0.15, 0.2) is 0 Å². The number of ether oxygens (including phenoxy) is 3. The quantitative estimate of drug-likeness (QED) is 0.364. The zero-order chi connectivity index (χ0) is 21.5. The molecule has 170 valence electrons. The molecule has 0 atom stereocenters. The monoisotopic (exact) mass is 414 g/mol. The average molecular weight is 415 g/mol. The van der Waals surface area contributed by atoms with Crippen molar-refractivity contribution >= 4 is 12.1 Å². The van der Waals surface area contributed by atoms with Gasteiger partial charge in [-0.2, -0.15) is 0 Å². The summed E-state index contributed by atoms with van der Waals surface area (Å²) in [6, 6.07) is 0.229. The number of nitrogens with one attached hydrogen (secondary N) is 1. The highest BCUT2D eigenvalue weighted by Gasteiger charge is 2.23. The lowest BCUT2D eigenvalue weighted by molar-refractivity contribution is -0.148. The Morgan fingerprint density at radius 3 is 2.24 bits per heavy atom. The fourth-order valence-corrected chi connectivity index (χ4v) is 3.38. The van der Waals surface area contributed by atoms with Gasteiger partial charge < -0.3 is 24.4 Å². The van der Waals surface area contributed by atoms with Gasteiger partial charge in [-0.1, -0.05) is 25.7 Å². The van der Waals surface area contributed by atoms with Gasteiger partial charge in [-0.15, -0.1) is 0 Å². The minimum atomic E-state index is -0.444. The van der Waals surface area contributed by atoms with Crippen LogP contribution in [-0.4, -0.2) is 68.1 Å². The fraction of sp³-hybridized carbons (Fsp3) is 0.909. The largest absolute Gasteiger partial charge is 0.464 e. The predicted octanol–water partition coefficient (Wildman–Crippen LogP) is 3.90. The highest BCUT2D eigenvalue weighted by atomic mass is 16.6. The smallest absolute Gasteiger partial charge is 0.407 e. The third kappa shape index (κ3) is 14.3. The molecule has 0 unspecified atom stereocenters. The summed E-state index contributed by atoms with van der Waals surface area (Å²) in [6.07, 6.45) is 8.75. The van der Waals surface area contributed by atoms with Crippen LogP contribution in [0.5, 0.6) is 0 Å². The van der Waals surface area contributed by atoms with Gasteiger partial charge in [-0.3, -0.25) is 0 Å². The molecule has 29 heavy (non-hydrogen) atoms. The molecule has 7 nitrogen and oxygen atoms in total. The van der Waals surface area contributed by atoms with Gasteiger partial charge in [-0.05, 0) is 59.9 Å². The minimum absolute atomic E-state index is 0.0673. The summed E-state index contributed by atoms with van der Waals surface area (Å²) in [7, 11) is 0. The number of carbonyl (C=O) groups is 2. The fourth-order valence-electron chi connectivity index (χ4n) is 3.38. The Bertz CT molecular complexity index is 457. The first-order chi connectivity index (χ1) is 13.8. The van der Waals surface area contributed by atoms with Crippen LogP contribution in [0.1, 0.15) is 79.1 Å². The van der Waals surface area contributed by atoms with E-state index in [0.717, 1.165) is 45.3 Å². The SMILES string of the molecule is CCOC(=O)COCCCCCCCCN1CCC(NC(=O)OC(C)(C)C)CC1. The molecule has 0 aromatic rings. The van der Waals surface area contributed by atoms with Crippen LogP contribution in [0, 0.1) is 0 Å². The number of alkyl carbamates (subject to hydrolysis) is 1. The molecule has 1 rings (SSSR count). The lowest BCUT2D eigenvalue weighted by Gasteiger charge is -2.32. The Balaban J connectivity index is 1.92. The van der Waals surface area contributed by atoms with E-state index in [9.17, 15) is 9.59 Å². The molecular weight excluding hydrogens is 372 g/mol. The van der Waals surface area contributed by atoms with Crippen molar-refractivity contribution in [2.45, 2.75) is 90.7 Å². The second-order valence-corrected chi connectivity index (χ2v) is 8.74. The topological polar surface area (TPSA) is 77.1 Å². The molecule has 0 aromatic carbocycles. The number of hydrogen-bond acceptors (Lipinski definition) is 6. The Morgan fingerprint density at radius 1 is 1.00 bits per heavy atom. The van der Waals surface area contributed by atoms with Crippen LogP contribution in [0.3, 0.4) is 0 Å². The molecule has 7 heteroatoms. The van der Waals surface area contributed by atoms with Crippen molar-refractivity contribution in [2.24, 2.45) is 0 Å². The first-order valence-electron chi connectivity index (χ1n) is 11.3. The van der Waals surface area contributed by atoms with Crippen LogP contribution in [-0.2, 0) is 19.0 Å². The molecule has 0 spiro atoms. The molecular formula is C22H42N2O5. The minimum Gasteiger partial charge on any atom is -0.464 e. The number of hydrogen-bond donors (Lipinski definition) is 1. The van der Waals surface area contributed by atoms with E-state index in [1.165, 1.54) is 25.7 Å². The number of likely N-dealkylation sites (tertiary alicyclic amines) is 1. The zero-order valence-corrected chi connectivity index (χ0v) is 19.0. The predicted molar refractivity (Wildman–Crippen MR) is 114 cm³/mol. The molecule has 0 radical (unpaired) electrons. The van der Waals surface area contributed by atoms with E-state index < -0.39 is 5.60 Å². The Labute approximate surface area is 176 Å². The molecule has 1 N–H and O–H groups in total. The van der Waals surface area contributed by atoms with Crippen LogP contribution in [0.4, 0.5) is 4.79 Å². The maximum atomic E-state index is 11.8. The van der Waals surface area contributed by atoms with Crippen LogP contribution in [0.2, 0.25) is 0 Å². The second kappa shape index (κ2) is 14.6. The van der Waals surface area contributed by atoms with Gasteiger partial charge in [0.1, 0.15) is 12.2 Å². The van der Waals surface area contributed by atoms with Crippen LogP contribution >= 0.6 is 0 Å². The van der Waals surface area contributed by atoms with E-state index in [0.29, 0.717) is 13.2 Å². The van der Waals surface area contributed by atoms with E-state index in [1.54, 1.807) is 6.92 Å². The summed E-state index contributed by atoms with van der Waals surface area (Å²) in [5.74, 6) is -0.280. The molecule has 1 aliphatic heterocycles. The average Bonchev–Trinajstić information content (AvgIpc) is 2.63. The van der Waals surface area contributed by atoms with E-state index in [2.05, 4.69) is 10.2 Å². The second-order valence-electron chi connectivity index (χ2n) is 8.74. The van der Waals surface area contributed by atoms with Crippen molar-refractivity contribution in [3.63, 3.8) is 0 Å².